The zero-order valence-corrected chi connectivity index (χ0v) is 12.3. The standard InChI is InChI=1S/C14H23NO5/c1-4-20-10-7-14(12(17)18,13(10,2)3)15-11(16)9-5-6-19-8-9/h9-10H,4-8H2,1-3H3,(H,15,16)(H,17,18). The minimum atomic E-state index is -1.24. The Labute approximate surface area is 118 Å². The Hall–Kier alpha value is -1.14. The first-order chi connectivity index (χ1) is 9.35. The fourth-order valence-electron chi connectivity index (χ4n) is 3.09. The lowest BCUT2D eigenvalue weighted by atomic mass is 9.54. The van der Waals surface area contributed by atoms with Crippen LogP contribution in [-0.4, -0.2) is 48.4 Å². The summed E-state index contributed by atoms with van der Waals surface area (Å²) < 4.78 is 10.7. The maximum Gasteiger partial charge on any atom is 0.330 e. The van der Waals surface area contributed by atoms with Gasteiger partial charge < -0.3 is 19.9 Å². The van der Waals surface area contributed by atoms with E-state index in [0.717, 1.165) is 0 Å². The molecule has 0 aromatic carbocycles. The largest absolute Gasteiger partial charge is 0.479 e. The van der Waals surface area contributed by atoms with Crippen LogP contribution >= 0.6 is 0 Å². The van der Waals surface area contributed by atoms with Gasteiger partial charge in [0.2, 0.25) is 5.91 Å². The van der Waals surface area contributed by atoms with Crippen molar-refractivity contribution in [3.63, 3.8) is 0 Å². The summed E-state index contributed by atoms with van der Waals surface area (Å²) in [5, 5.41) is 12.3. The van der Waals surface area contributed by atoms with E-state index in [0.29, 0.717) is 32.7 Å². The number of carbonyl (C=O) groups is 2. The molecule has 114 valence electrons. The van der Waals surface area contributed by atoms with Crippen molar-refractivity contribution in [3.05, 3.63) is 0 Å². The van der Waals surface area contributed by atoms with Crippen molar-refractivity contribution in [2.24, 2.45) is 11.3 Å². The van der Waals surface area contributed by atoms with Crippen LogP contribution in [0.25, 0.3) is 0 Å². The molecule has 2 aliphatic rings. The zero-order chi connectivity index (χ0) is 15.0. The smallest absolute Gasteiger partial charge is 0.330 e. The second-order valence-corrected chi connectivity index (χ2v) is 6.13. The van der Waals surface area contributed by atoms with Crippen LogP contribution < -0.4 is 5.32 Å². The van der Waals surface area contributed by atoms with Crippen molar-refractivity contribution in [1.29, 1.82) is 0 Å². The first-order valence-corrected chi connectivity index (χ1v) is 7.10. The second kappa shape index (κ2) is 5.33. The third-order valence-corrected chi connectivity index (χ3v) is 4.77. The Morgan fingerprint density at radius 1 is 1.45 bits per heavy atom. The molecule has 0 spiro atoms. The summed E-state index contributed by atoms with van der Waals surface area (Å²) in [6.45, 7) is 7.01. The summed E-state index contributed by atoms with van der Waals surface area (Å²) in [6, 6.07) is 0. The maximum absolute atomic E-state index is 12.2. The van der Waals surface area contributed by atoms with Crippen LogP contribution in [-0.2, 0) is 19.1 Å². The summed E-state index contributed by atoms with van der Waals surface area (Å²) in [4.78, 5) is 23.9. The minimum absolute atomic E-state index is 0.149. The number of carboxylic acids is 1. The molecule has 1 saturated carbocycles. The molecule has 1 heterocycles. The second-order valence-electron chi connectivity index (χ2n) is 6.13. The highest BCUT2D eigenvalue weighted by Crippen LogP contribution is 2.51. The highest BCUT2D eigenvalue weighted by molar-refractivity contribution is 5.90. The van der Waals surface area contributed by atoms with Crippen LogP contribution in [0.2, 0.25) is 0 Å². The van der Waals surface area contributed by atoms with E-state index in [2.05, 4.69) is 5.32 Å². The Balaban J connectivity index is 2.12. The molecule has 1 aliphatic heterocycles. The predicted octanol–water partition coefficient (Wildman–Crippen LogP) is 0.797. The molecule has 6 nitrogen and oxygen atoms in total. The maximum atomic E-state index is 12.2. The van der Waals surface area contributed by atoms with E-state index in [1.165, 1.54) is 0 Å². The number of hydrogen-bond donors (Lipinski definition) is 2. The van der Waals surface area contributed by atoms with Gasteiger partial charge >= 0.3 is 5.97 Å². The number of rotatable bonds is 5. The van der Waals surface area contributed by atoms with Crippen LogP contribution in [0.15, 0.2) is 0 Å². The number of ether oxygens (including phenoxy) is 2. The fourth-order valence-corrected chi connectivity index (χ4v) is 3.09. The average molecular weight is 285 g/mol. The van der Waals surface area contributed by atoms with Gasteiger partial charge in [0.1, 0.15) is 5.54 Å². The lowest BCUT2D eigenvalue weighted by Gasteiger charge is -2.58. The number of hydrogen-bond acceptors (Lipinski definition) is 4. The zero-order valence-electron chi connectivity index (χ0n) is 12.3. The monoisotopic (exact) mass is 285 g/mol. The van der Waals surface area contributed by atoms with E-state index in [9.17, 15) is 14.7 Å². The first kappa shape index (κ1) is 15.3. The van der Waals surface area contributed by atoms with Gasteiger partial charge in [-0.15, -0.1) is 0 Å². The van der Waals surface area contributed by atoms with Gasteiger partial charge in [0.05, 0.1) is 18.6 Å². The Bertz CT molecular complexity index is 402. The van der Waals surface area contributed by atoms with Crippen molar-refractivity contribution < 1.29 is 24.2 Å². The number of nitrogens with one attached hydrogen (secondary N) is 1. The molecule has 1 saturated heterocycles. The van der Waals surface area contributed by atoms with Crippen molar-refractivity contribution in [2.45, 2.75) is 45.3 Å². The molecule has 20 heavy (non-hydrogen) atoms. The van der Waals surface area contributed by atoms with Gasteiger partial charge in [0.15, 0.2) is 0 Å². The molecule has 0 aromatic rings. The summed E-state index contributed by atoms with van der Waals surface area (Å²) in [5.41, 5.74) is -1.88. The summed E-state index contributed by atoms with van der Waals surface area (Å²) in [6.07, 6.45) is 0.808. The van der Waals surface area contributed by atoms with Crippen LogP contribution in [0.4, 0.5) is 0 Å². The van der Waals surface area contributed by atoms with E-state index in [4.69, 9.17) is 9.47 Å². The third-order valence-electron chi connectivity index (χ3n) is 4.77. The Kier molecular flexibility index (Phi) is 4.07. The molecule has 6 heteroatoms. The van der Waals surface area contributed by atoms with Gasteiger partial charge in [-0.2, -0.15) is 0 Å². The Morgan fingerprint density at radius 2 is 2.15 bits per heavy atom. The molecule has 1 aliphatic carbocycles. The molecular formula is C14H23NO5. The molecule has 3 atom stereocenters. The van der Waals surface area contributed by atoms with Gasteiger partial charge in [-0.05, 0) is 13.3 Å². The molecular weight excluding hydrogens is 262 g/mol. The lowest BCUT2D eigenvalue weighted by molar-refractivity contribution is -0.195. The van der Waals surface area contributed by atoms with Crippen molar-refractivity contribution in [1.82, 2.24) is 5.32 Å². The molecule has 0 bridgehead atoms. The predicted molar refractivity (Wildman–Crippen MR) is 71.2 cm³/mol. The van der Waals surface area contributed by atoms with Gasteiger partial charge in [0, 0.05) is 25.0 Å². The molecule has 2 rings (SSSR count). The van der Waals surface area contributed by atoms with E-state index < -0.39 is 16.9 Å². The number of carbonyl (C=O) groups excluding carboxylic acids is 1. The third kappa shape index (κ3) is 2.20. The quantitative estimate of drug-likeness (QED) is 0.780. The first-order valence-electron chi connectivity index (χ1n) is 7.10. The summed E-state index contributed by atoms with van der Waals surface area (Å²) in [5.74, 6) is -1.47. The normalized spacial score (nSPS) is 35.4. The summed E-state index contributed by atoms with van der Waals surface area (Å²) in [7, 11) is 0. The van der Waals surface area contributed by atoms with Gasteiger partial charge in [-0.1, -0.05) is 13.8 Å². The van der Waals surface area contributed by atoms with Crippen LogP contribution in [0.3, 0.4) is 0 Å². The van der Waals surface area contributed by atoms with E-state index in [1.54, 1.807) is 0 Å². The molecule has 3 unspecified atom stereocenters. The molecule has 2 fully saturated rings. The van der Waals surface area contributed by atoms with Crippen molar-refractivity contribution in [3.8, 4) is 0 Å². The van der Waals surface area contributed by atoms with E-state index >= 15 is 0 Å². The van der Waals surface area contributed by atoms with Gasteiger partial charge in [-0.3, -0.25) is 4.79 Å². The van der Waals surface area contributed by atoms with Crippen LogP contribution in [0.1, 0.15) is 33.6 Å². The number of amides is 1. The topological polar surface area (TPSA) is 84.9 Å². The molecule has 0 aromatic heterocycles. The van der Waals surface area contributed by atoms with Crippen molar-refractivity contribution >= 4 is 11.9 Å². The highest BCUT2D eigenvalue weighted by atomic mass is 16.5. The average Bonchev–Trinajstić information content (AvgIpc) is 2.90. The highest BCUT2D eigenvalue weighted by Gasteiger charge is 2.66. The summed E-state index contributed by atoms with van der Waals surface area (Å²) >= 11 is 0. The van der Waals surface area contributed by atoms with Crippen LogP contribution in [0, 0.1) is 11.3 Å². The Morgan fingerprint density at radius 3 is 2.60 bits per heavy atom. The number of carboxylic acid groups (broad SMARTS) is 1. The molecule has 2 N–H and O–H groups in total. The van der Waals surface area contributed by atoms with Crippen molar-refractivity contribution in [2.75, 3.05) is 19.8 Å². The number of aliphatic carboxylic acids is 1. The fraction of sp³-hybridized carbons (Fsp3) is 0.857. The lowest BCUT2D eigenvalue weighted by Crippen LogP contribution is -2.76. The minimum Gasteiger partial charge on any atom is -0.479 e. The van der Waals surface area contributed by atoms with E-state index in [1.807, 2.05) is 20.8 Å². The van der Waals surface area contributed by atoms with Gasteiger partial charge in [-0.25, -0.2) is 4.79 Å². The van der Waals surface area contributed by atoms with Crippen LogP contribution in [0.5, 0.6) is 0 Å². The van der Waals surface area contributed by atoms with Gasteiger partial charge in [0.25, 0.3) is 0 Å². The van der Waals surface area contributed by atoms with E-state index in [-0.39, 0.29) is 17.9 Å². The SMILES string of the molecule is CCOC1CC(NC(=O)C2CCOC2)(C(=O)O)C1(C)C. The molecule has 1 amide bonds. The molecule has 0 radical (unpaired) electrons.